The van der Waals surface area contributed by atoms with E-state index >= 15 is 0 Å². The van der Waals surface area contributed by atoms with Crippen LogP contribution in [0.25, 0.3) is 0 Å². The average Bonchev–Trinajstić information content (AvgIpc) is 2.55. The summed E-state index contributed by atoms with van der Waals surface area (Å²) in [6.07, 6.45) is -5.39. The maximum Gasteiger partial charge on any atom is 0.416 e. The first kappa shape index (κ1) is 24.5. The molecule has 1 aromatic rings. The summed E-state index contributed by atoms with van der Waals surface area (Å²) in [6, 6.07) is 3.58. The van der Waals surface area contributed by atoms with Crippen LogP contribution >= 0.6 is 0 Å². The number of carbonyl (C=O) groups is 3. The van der Waals surface area contributed by atoms with Crippen molar-refractivity contribution in [3.05, 3.63) is 35.4 Å². The number of rotatable bonds is 5. The molecule has 10 heteroatoms. The molecular formula is C21H26F3NO6. The molecule has 0 spiro atoms. The lowest BCUT2D eigenvalue weighted by Gasteiger charge is -2.34. The van der Waals surface area contributed by atoms with Gasteiger partial charge < -0.3 is 19.5 Å². The van der Waals surface area contributed by atoms with Crippen LogP contribution in [0, 0.1) is 5.92 Å². The molecule has 0 radical (unpaired) electrons. The molecule has 1 atom stereocenters. The summed E-state index contributed by atoms with van der Waals surface area (Å²) >= 11 is 0. The molecule has 31 heavy (non-hydrogen) atoms. The summed E-state index contributed by atoms with van der Waals surface area (Å²) in [5, 5.41) is 2.58. The van der Waals surface area contributed by atoms with Gasteiger partial charge in [0.2, 0.25) is 0 Å². The van der Waals surface area contributed by atoms with Gasteiger partial charge in [0.05, 0.1) is 5.56 Å². The zero-order valence-corrected chi connectivity index (χ0v) is 18.0. The van der Waals surface area contributed by atoms with E-state index in [2.05, 4.69) is 5.32 Å². The molecule has 1 aromatic carbocycles. The Morgan fingerprint density at radius 2 is 1.61 bits per heavy atom. The molecule has 0 saturated carbocycles. The number of hydrogen-bond acceptors (Lipinski definition) is 6. The fourth-order valence-corrected chi connectivity index (χ4v) is 3.00. The van der Waals surface area contributed by atoms with Crippen molar-refractivity contribution in [1.82, 2.24) is 5.32 Å². The maximum absolute atomic E-state index is 12.8. The molecule has 0 bridgehead atoms. The Labute approximate surface area is 178 Å². The normalized spacial score (nSPS) is 18.1. The van der Waals surface area contributed by atoms with Crippen molar-refractivity contribution >= 4 is 18.0 Å². The molecule has 1 amide bonds. The zero-order valence-electron chi connectivity index (χ0n) is 18.0. The average molecular weight is 445 g/mol. The van der Waals surface area contributed by atoms with Gasteiger partial charge in [0.25, 0.3) is 5.79 Å². The third-order valence-corrected chi connectivity index (χ3v) is 4.27. The molecule has 172 valence electrons. The van der Waals surface area contributed by atoms with E-state index in [1.165, 1.54) is 26.0 Å². The quantitative estimate of drug-likeness (QED) is 0.545. The molecule has 1 aliphatic rings. The topological polar surface area (TPSA) is 90.9 Å². The van der Waals surface area contributed by atoms with Crippen LogP contribution in [0.15, 0.2) is 24.3 Å². The Balaban J connectivity index is 2.19. The fourth-order valence-electron chi connectivity index (χ4n) is 3.00. The van der Waals surface area contributed by atoms with Crippen LogP contribution in [-0.4, -0.2) is 35.5 Å². The van der Waals surface area contributed by atoms with E-state index in [1.807, 2.05) is 0 Å². The highest BCUT2D eigenvalue weighted by Crippen LogP contribution is 2.30. The second kappa shape index (κ2) is 8.76. The van der Waals surface area contributed by atoms with Crippen LogP contribution in [0.5, 0.6) is 0 Å². The third-order valence-electron chi connectivity index (χ3n) is 4.27. The molecule has 7 nitrogen and oxygen atoms in total. The number of cyclic esters (lactones) is 2. The summed E-state index contributed by atoms with van der Waals surface area (Å²) in [5.74, 6) is -4.29. The number of alkyl carbamates (subject to hydrolysis) is 1. The van der Waals surface area contributed by atoms with E-state index in [-0.39, 0.29) is 12.8 Å². The van der Waals surface area contributed by atoms with Gasteiger partial charge in [-0.2, -0.15) is 13.2 Å². The number of carbonyl (C=O) groups excluding carboxylic acids is 3. The predicted octanol–water partition coefficient (Wildman–Crippen LogP) is 3.98. The monoisotopic (exact) mass is 445 g/mol. The number of hydrogen-bond donors (Lipinski definition) is 1. The van der Waals surface area contributed by atoms with Gasteiger partial charge in [-0.05, 0) is 51.3 Å². The Morgan fingerprint density at radius 3 is 2.06 bits per heavy atom. The van der Waals surface area contributed by atoms with Gasteiger partial charge in [-0.25, -0.2) is 4.79 Å². The molecule has 1 saturated heterocycles. The van der Waals surface area contributed by atoms with E-state index in [1.54, 1.807) is 20.8 Å². The number of alkyl halides is 3. The fraction of sp³-hybridized carbons (Fsp3) is 0.571. The van der Waals surface area contributed by atoms with Gasteiger partial charge in [0.15, 0.2) is 5.92 Å². The smallest absolute Gasteiger partial charge is 0.416 e. The summed E-state index contributed by atoms with van der Waals surface area (Å²) in [5.41, 5.74) is -1.14. The van der Waals surface area contributed by atoms with E-state index in [0.29, 0.717) is 5.56 Å². The SMILES string of the molecule is CC(C)(C)OC(=O)NC(Cc1ccc(C(F)(F)F)cc1)CC1C(=O)OC(C)(C)OC1=O. The predicted molar refractivity (Wildman–Crippen MR) is 103 cm³/mol. The molecule has 0 aliphatic carbocycles. The lowest BCUT2D eigenvalue weighted by molar-refractivity contribution is -0.240. The Kier molecular flexibility index (Phi) is 6.92. The molecular weight excluding hydrogens is 419 g/mol. The van der Waals surface area contributed by atoms with Crippen LogP contribution < -0.4 is 5.32 Å². The van der Waals surface area contributed by atoms with Crippen LogP contribution in [0.4, 0.5) is 18.0 Å². The first-order valence-corrected chi connectivity index (χ1v) is 9.67. The summed E-state index contributed by atoms with van der Waals surface area (Å²) in [6.45, 7) is 7.81. The van der Waals surface area contributed by atoms with Gasteiger partial charge in [-0.3, -0.25) is 9.59 Å². The van der Waals surface area contributed by atoms with Crippen LogP contribution in [0.1, 0.15) is 52.2 Å². The molecule has 1 heterocycles. The van der Waals surface area contributed by atoms with Gasteiger partial charge in [0, 0.05) is 19.9 Å². The molecule has 0 aromatic heterocycles. The molecule has 1 N–H and O–H groups in total. The first-order chi connectivity index (χ1) is 14.1. The summed E-state index contributed by atoms with van der Waals surface area (Å²) in [7, 11) is 0. The second-order valence-corrected chi connectivity index (χ2v) is 8.77. The van der Waals surface area contributed by atoms with Crippen molar-refractivity contribution in [3.63, 3.8) is 0 Å². The van der Waals surface area contributed by atoms with Gasteiger partial charge in [-0.1, -0.05) is 12.1 Å². The Bertz CT molecular complexity index is 807. The van der Waals surface area contributed by atoms with Crippen molar-refractivity contribution in [2.24, 2.45) is 5.92 Å². The van der Waals surface area contributed by atoms with E-state index in [9.17, 15) is 27.6 Å². The Hall–Kier alpha value is -2.78. The lowest BCUT2D eigenvalue weighted by atomic mass is 9.94. The third kappa shape index (κ3) is 7.45. The van der Waals surface area contributed by atoms with Crippen molar-refractivity contribution in [2.75, 3.05) is 0 Å². The maximum atomic E-state index is 12.8. The second-order valence-electron chi connectivity index (χ2n) is 8.77. The van der Waals surface area contributed by atoms with Crippen molar-refractivity contribution < 1.29 is 41.8 Å². The number of esters is 2. The van der Waals surface area contributed by atoms with Crippen LogP contribution in [0.3, 0.4) is 0 Å². The minimum absolute atomic E-state index is 0.0534. The highest BCUT2D eigenvalue weighted by Gasteiger charge is 2.44. The number of ether oxygens (including phenoxy) is 3. The standard InChI is InChI=1S/C21H26F3NO6/c1-19(2,3)31-18(28)25-14(10-12-6-8-13(9-7-12)21(22,23)24)11-15-16(26)29-20(4,5)30-17(15)27/h6-9,14-15H,10-11H2,1-5H3,(H,25,28). The first-order valence-electron chi connectivity index (χ1n) is 9.67. The minimum atomic E-state index is -4.48. The minimum Gasteiger partial charge on any atom is -0.444 e. The number of halogens is 3. The number of amides is 1. The molecule has 1 unspecified atom stereocenters. The van der Waals surface area contributed by atoms with Crippen molar-refractivity contribution in [1.29, 1.82) is 0 Å². The van der Waals surface area contributed by atoms with Crippen molar-refractivity contribution in [3.8, 4) is 0 Å². The highest BCUT2D eigenvalue weighted by atomic mass is 19.4. The van der Waals surface area contributed by atoms with Gasteiger partial charge in [0.1, 0.15) is 5.60 Å². The highest BCUT2D eigenvalue weighted by molar-refractivity contribution is 5.96. The van der Waals surface area contributed by atoms with E-state index in [4.69, 9.17) is 14.2 Å². The molecule has 1 fully saturated rings. The van der Waals surface area contributed by atoms with Crippen LogP contribution in [0.2, 0.25) is 0 Å². The lowest BCUT2D eigenvalue weighted by Crippen LogP contribution is -2.49. The van der Waals surface area contributed by atoms with Gasteiger partial charge >= 0.3 is 24.2 Å². The number of nitrogens with one attached hydrogen (secondary N) is 1. The number of benzene rings is 1. The summed E-state index contributed by atoms with van der Waals surface area (Å²) < 4.78 is 53.8. The van der Waals surface area contributed by atoms with Gasteiger partial charge in [-0.15, -0.1) is 0 Å². The van der Waals surface area contributed by atoms with Crippen molar-refractivity contribution in [2.45, 2.75) is 71.1 Å². The zero-order chi connectivity index (χ0) is 23.6. The van der Waals surface area contributed by atoms with E-state index in [0.717, 1.165) is 12.1 Å². The molecule has 2 rings (SSSR count). The largest absolute Gasteiger partial charge is 0.444 e. The van der Waals surface area contributed by atoms with Crippen LogP contribution in [-0.2, 0) is 36.4 Å². The summed E-state index contributed by atoms with van der Waals surface area (Å²) in [4.78, 5) is 36.8. The molecule has 1 aliphatic heterocycles. The van der Waals surface area contributed by atoms with E-state index < -0.39 is 53.1 Å². The Morgan fingerprint density at radius 1 is 1.10 bits per heavy atom.